The van der Waals surface area contributed by atoms with Crippen LogP contribution in [0.2, 0.25) is 0 Å². The molecule has 0 radical (unpaired) electrons. The van der Waals surface area contributed by atoms with Crippen LogP contribution in [0.15, 0.2) is 0 Å². The Bertz CT molecular complexity index is 278. The predicted octanol–water partition coefficient (Wildman–Crippen LogP) is 4.54. The molecule has 0 atom stereocenters. The fraction of sp³-hybridized carbons (Fsp3) is 1.00. The Hall–Kier alpha value is -0.120. The van der Waals surface area contributed by atoms with E-state index in [9.17, 15) is 0 Å². The zero-order chi connectivity index (χ0) is 17.7. The van der Waals surface area contributed by atoms with E-state index in [-0.39, 0.29) is 0 Å². The van der Waals surface area contributed by atoms with Crippen LogP contribution in [0.5, 0.6) is 0 Å². The van der Waals surface area contributed by atoms with E-state index < -0.39 is 0 Å². The third kappa shape index (κ3) is 9.39. The maximum atomic E-state index is 9.04. The SMILES string of the molecule is CCCCCC(C)(CCCCC)CCCN1CCN(CCO)CC1. The van der Waals surface area contributed by atoms with Crippen molar-refractivity contribution in [1.82, 2.24) is 9.80 Å². The minimum atomic E-state index is 0.299. The molecule has 1 fully saturated rings. The van der Waals surface area contributed by atoms with Crippen LogP contribution in [-0.2, 0) is 0 Å². The number of hydrogen-bond donors (Lipinski definition) is 1. The minimum absolute atomic E-state index is 0.299. The summed E-state index contributed by atoms with van der Waals surface area (Å²) in [5.74, 6) is 0. The summed E-state index contributed by atoms with van der Waals surface area (Å²) in [6, 6.07) is 0. The van der Waals surface area contributed by atoms with E-state index in [1.807, 2.05) is 0 Å². The van der Waals surface area contributed by atoms with Gasteiger partial charge in [-0.25, -0.2) is 0 Å². The van der Waals surface area contributed by atoms with Gasteiger partial charge in [-0.2, -0.15) is 0 Å². The maximum absolute atomic E-state index is 9.04. The third-order valence-corrected chi connectivity index (χ3v) is 5.90. The first-order chi connectivity index (χ1) is 11.6. The molecule has 144 valence electrons. The summed E-state index contributed by atoms with van der Waals surface area (Å²) in [5.41, 5.74) is 0.572. The first-order valence-corrected chi connectivity index (χ1v) is 10.7. The van der Waals surface area contributed by atoms with Crippen LogP contribution in [0.3, 0.4) is 0 Å². The van der Waals surface area contributed by atoms with Gasteiger partial charge in [-0.3, -0.25) is 4.90 Å². The van der Waals surface area contributed by atoms with Gasteiger partial charge >= 0.3 is 0 Å². The van der Waals surface area contributed by atoms with Gasteiger partial charge in [0.1, 0.15) is 0 Å². The zero-order valence-electron chi connectivity index (χ0n) is 16.9. The van der Waals surface area contributed by atoms with Crippen LogP contribution in [0, 0.1) is 5.41 Å². The maximum Gasteiger partial charge on any atom is 0.0558 e. The summed E-state index contributed by atoms with van der Waals surface area (Å²) < 4.78 is 0. The summed E-state index contributed by atoms with van der Waals surface area (Å²) in [4.78, 5) is 5.02. The Morgan fingerprint density at radius 3 is 1.62 bits per heavy atom. The molecule has 1 aliphatic rings. The summed E-state index contributed by atoms with van der Waals surface area (Å²) in [6.07, 6.45) is 13.9. The number of hydrogen-bond acceptors (Lipinski definition) is 3. The molecular weight excluding hydrogens is 296 g/mol. The van der Waals surface area contributed by atoms with Gasteiger partial charge in [0.15, 0.2) is 0 Å². The van der Waals surface area contributed by atoms with Crippen molar-refractivity contribution in [3.8, 4) is 0 Å². The van der Waals surface area contributed by atoms with Crippen molar-refractivity contribution < 1.29 is 5.11 Å². The molecule has 1 aliphatic heterocycles. The second-order valence-corrected chi connectivity index (χ2v) is 8.24. The molecule has 0 aromatic carbocycles. The molecule has 3 nitrogen and oxygen atoms in total. The van der Waals surface area contributed by atoms with Gasteiger partial charge in [0.2, 0.25) is 0 Å². The summed E-state index contributed by atoms with van der Waals surface area (Å²) in [6.45, 7) is 14.2. The topological polar surface area (TPSA) is 26.7 Å². The van der Waals surface area contributed by atoms with Gasteiger partial charge in [-0.05, 0) is 37.6 Å². The van der Waals surface area contributed by atoms with E-state index in [1.54, 1.807) is 0 Å². The Morgan fingerprint density at radius 2 is 1.17 bits per heavy atom. The van der Waals surface area contributed by atoms with E-state index in [4.69, 9.17) is 5.11 Å². The van der Waals surface area contributed by atoms with Crippen molar-refractivity contribution in [2.45, 2.75) is 85.0 Å². The van der Waals surface area contributed by atoms with Crippen LogP contribution in [0.1, 0.15) is 85.0 Å². The molecule has 1 N–H and O–H groups in total. The van der Waals surface area contributed by atoms with Crippen molar-refractivity contribution in [3.63, 3.8) is 0 Å². The second-order valence-electron chi connectivity index (χ2n) is 8.24. The van der Waals surface area contributed by atoms with Crippen molar-refractivity contribution >= 4 is 0 Å². The van der Waals surface area contributed by atoms with Crippen molar-refractivity contribution in [2.75, 3.05) is 45.9 Å². The molecule has 0 aromatic heterocycles. The monoisotopic (exact) mass is 340 g/mol. The quantitative estimate of drug-likeness (QED) is 0.470. The lowest BCUT2D eigenvalue weighted by atomic mass is 9.76. The van der Waals surface area contributed by atoms with Gasteiger partial charge < -0.3 is 10.0 Å². The van der Waals surface area contributed by atoms with Gasteiger partial charge in [0, 0.05) is 32.7 Å². The zero-order valence-corrected chi connectivity index (χ0v) is 16.9. The van der Waals surface area contributed by atoms with Gasteiger partial charge in [-0.1, -0.05) is 59.3 Å². The Morgan fingerprint density at radius 1 is 0.708 bits per heavy atom. The van der Waals surface area contributed by atoms with Crippen LogP contribution in [0.4, 0.5) is 0 Å². The summed E-state index contributed by atoms with van der Waals surface area (Å²) in [5, 5.41) is 9.04. The Labute approximate surface area is 151 Å². The number of unbranched alkanes of at least 4 members (excludes halogenated alkanes) is 4. The fourth-order valence-corrected chi connectivity index (χ4v) is 4.09. The Kier molecular flexibility index (Phi) is 12.0. The van der Waals surface area contributed by atoms with Crippen LogP contribution in [0.25, 0.3) is 0 Å². The molecule has 0 aliphatic carbocycles. The molecule has 1 saturated heterocycles. The lowest BCUT2D eigenvalue weighted by molar-refractivity contribution is 0.107. The average molecular weight is 341 g/mol. The highest BCUT2D eigenvalue weighted by Crippen LogP contribution is 2.36. The molecule has 0 aromatic rings. The normalized spacial score (nSPS) is 17.5. The van der Waals surface area contributed by atoms with Crippen molar-refractivity contribution in [2.24, 2.45) is 5.41 Å². The second kappa shape index (κ2) is 13.1. The molecule has 3 heteroatoms. The molecule has 1 rings (SSSR count). The van der Waals surface area contributed by atoms with Gasteiger partial charge in [-0.15, -0.1) is 0 Å². The summed E-state index contributed by atoms with van der Waals surface area (Å²) in [7, 11) is 0. The molecule has 0 saturated carbocycles. The first kappa shape index (κ1) is 21.9. The van der Waals surface area contributed by atoms with E-state index in [2.05, 4.69) is 30.6 Å². The van der Waals surface area contributed by atoms with E-state index >= 15 is 0 Å². The van der Waals surface area contributed by atoms with E-state index in [0.717, 1.165) is 19.6 Å². The highest BCUT2D eigenvalue weighted by atomic mass is 16.3. The molecular formula is C21H44N2O. The predicted molar refractivity (Wildman–Crippen MR) is 106 cm³/mol. The standard InChI is InChI=1S/C21H44N2O/c1-4-6-8-11-21(3,12-9-7-5-2)13-10-14-22-15-17-23(18-16-22)19-20-24/h24H,4-20H2,1-3H3. The fourth-order valence-electron chi connectivity index (χ4n) is 4.09. The number of aliphatic hydroxyl groups is 1. The van der Waals surface area contributed by atoms with E-state index in [1.165, 1.54) is 83.8 Å². The molecule has 0 unspecified atom stereocenters. The summed E-state index contributed by atoms with van der Waals surface area (Å²) >= 11 is 0. The number of nitrogens with zero attached hydrogens (tertiary/aromatic N) is 2. The van der Waals surface area contributed by atoms with Crippen LogP contribution < -0.4 is 0 Å². The largest absolute Gasteiger partial charge is 0.395 e. The number of piperazine rings is 1. The average Bonchev–Trinajstić information content (AvgIpc) is 2.57. The number of rotatable bonds is 14. The van der Waals surface area contributed by atoms with Crippen LogP contribution in [-0.4, -0.2) is 60.8 Å². The highest BCUT2D eigenvalue weighted by molar-refractivity contribution is 4.77. The first-order valence-electron chi connectivity index (χ1n) is 10.7. The van der Waals surface area contributed by atoms with Crippen molar-refractivity contribution in [3.05, 3.63) is 0 Å². The van der Waals surface area contributed by atoms with Gasteiger partial charge in [0.05, 0.1) is 6.61 Å². The number of β-amino-alcohol motifs (C(OH)–C–C–N with tert-alkyl or cyclic N) is 1. The molecule has 0 amide bonds. The number of aliphatic hydroxyl groups excluding tert-OH is 1. The Balaban J connectivity index is 2.27. The van der Waals surface area contributed by atoms with Gasteiger partial charge in [0.25, 0.3) is 0 Å². The minimum Gasteiger partial charge on any atom is -0.395 e. The van der Waals surface area contributed by atoms with E-state index in [0.29, 0.717) is 12.0 Å². The molecule has 24 heavy (non-hydrogen) atoms. The highest BCUT2D eigenvalue weighted by Gasteiger charge is 2.24. The third-order valence-electron chi connectivity index (χ3n) is 5.90. The van der Waals surface area contributed by atoms with Crippen molar-refractivity contribution in [1.29, 1.82) is 0 Å². The van der Waals surface area contributed by atoms with Crippen LogP contribution >= 0.6 is 0 Å². The lowest BCUT2D eigenvalue weighted by Gasteiger charge is -2.35. The lowest BCUT2D eigenvalue weighted by Crippen LogP contribution is -2.47. The molecule has 0 spiro atoms. The molecule has 1 heterocycles. The smallest absolute Gasteiger partial charge is 0.0558 e. The molecule has 0 bridgehead atoms.